The maximum Gasteiger partial charge on any atom is 0.255 e. The van der Waals surface area contributed by atoms with Gasteiger partial charge in [-0.15, -0.1) is 0 Å². The fourth-order valence-electron chi connectivity index (χ4n) is 3.21. The smallest absolute Gasteiger partial charge is 0.255 e. The summed E-state index contributed by atoms with van der Waals surface area (Å²) < 4.78 is 0. The second-order valence-corrected chi connectivity index (χ2v) is 8.45. The molecule has 5 heteroatoms. The van der Waals surface area contributed by atoms with Crippen LogP contribution in [-0.4, -0.2) is 54.8 Å². The number of amides is 2. The first kappa shape index (κ1) is 20.1. The molecule has 3 rings (SSSR count). The second-order valence-electron chi connectivity index (χ2n) is 8.45. The van der Waals surface area contributed by atoms with Crippen LogP contribution in [0.1, 0.15) is 47.1 Å². The average Bonchev–Trinajstić information content (AvgIpc) is 2.68. The largest absolute Gasteiger partial charge is 0.336 e. The lowest BCUT2D eigenvalue weighted by Crippen LogP contribution is -2.47. The van der Waals surface area contributed by atoms with Crippen LogP contribution in [0, 0.1) is 0 Å². The van der Waals surface area contributed by atoms with Crippen LogP contribution in [0.3, 0.4) is 0 Å². The van der Waals surface area contributed by atoms with Gasteiger partial charge in [-0.3, -0.25) is 9.59 Å². The molecule has 0 radical (unpaired) electrons. The van der Waals surface area contributed by atoms with Crippen LogP contribution in [0.2, 0.25) is 0 Å². The fraction of sp³-hybridized carbons (Fsp3) is 0.391. The Bertz CT molecular complexity index is 828. The predicted octanol–water partition coefficient (Wildman–Crippen LogP) is 3.62. The van der Waals surface area contributed by atoms with Crippen molar-refractivity contribution in [3.63, 3.8) is 0 Å². The van der Waals surface area contributed by atoms with Gasteiger partial charge in [-0.1, -0.05) is 32.9 Å². The second kappa shape index (κ2) is 8.15. The summed E-state index contributed by atoms with van der Waals surface area (Å²) in [5.74, 6) is -0.153. The van der Waals surface area contributed by atoms with Gasteiger partial charge in [0.2, 0.25) is 0 Å². The number of rotatable bonds is 3. The van der Waals surface area contributed by atoms with Crippen molar-refractivity contribution in [1.29, 1.82) is 0 Å². The Morgan fingerprint density at radius 3 is 1.89 bits per heavy atom. The minimum absolute atomic E-state index is 0.0258. The van der Waals surface area contributed by atoms with Gasteiger partial charge in [0.05, 0.1) is 0 Å². The van der Waals surface area contributed by atoms with Crippen molar-refractivity contribution in [2.75, 3.05) is 38.5 Å². The van der Waals surface area contributed by atoms with E-state index in [-0.39, 0.29) is 17.2 Å². The van der Waals surface area contributed by atoms with Crippen molar-refractivity contribution in [2.45, 2.75) is 26.2 Å². The Hall–Kier alpha value is -2.66. The first-order valence-electron chi connectivity index (χ1n) is 9.74. The zero-order valence-electron chi connectivity index (χ0n) is 17.2. The minimum atomic E-state index is -0.179. The van der Waals surface area contributed by atoms with Crippen molar-refractivity contribution in [3.05, 3.63) is 65.2 Å². The lowest BCUT2D eigenvalue weighted by atomic mass is 9.87. The number of carbonyl (C=O) groups is 2. The van der Waals surface area contributed by atoms with E-state index in [1.54, 1.807) is 24.3 Å². The Kier molecular flexibility index (Phi) is 5.84. The molecule has 1 fully saturated rings. The highest BCUT2D eigenvalue weighted by molar-refractivity contribution is 6.05. The molecule has 0 saturated carbocycles. The third kappa shape index (κ3) is 4.78. The van der Waals surface area contributed by atoms with Crippen LogP contribution in [-0.2, 0) is 5.41 Å². The van der Waals surface area contributed by atoms with Crippen molar-refractivity contribution < 1.29 is 9.59 Å². The molecule has 1 N–H and O–H groups in total. The summed E-state index contributed by atoms with van der Waals surface area (Å²) in [7, 11) is 2.06. The fourth-order valence-corrected chi connectivity index (χ4v) is 3.21. The van der Waals surface area contributed by atoms with Gasteiger partial charge in [0.1, 0.15) is 0 Å². The topological polar surface area (TPSA) is 52.7 Å². The summed E-state index contributed by atoms with van der Waals surface area (Å²) in [6.07, 6.45) is 0. The number of anilines is 1. The quantitative estimate of drug-likeness (QED) is 0.886. The molecule has 1 aliphatic rings. The van der Waals surface area contributed by atoms with Crippen LogP contribution >= 0.6 is 0 Å². The van der Waals surface area contributed by atoms with Crippen LogP contribution in [0.25, 0.3) is 0 Å². The summed E-state index contributed by atoms with van der Waals surface area (Å²) in [5.41, 5.74) is 3.22. The molecule has 5 nitrogen and oxygen atoms in total. The first-order valence-corrected chi connectivity index (χ1v) is 9.74. The van der Waals surface area contributed by atoms with E-state index < -0.39 is 0 Å². The zero-order chi connectivity index (χ0) is 20.3. The van der Waals surface area contributed by atoms with E-state index in [4.69, 9.17) is 0 Å². The Balaban J connectivity index is 1.63. The Morgan fingerprint density at radius 2 is 1.36 bits per heavy atom. The molecule has 0 bridgehead atoms. The molecule has 1 aliphatic heterocycles. The maximum absolute atomic E-state index is 12.6. The molecular formula is C23H29N3O2. The number of benzene rings is 2. The molecule has 2 amide bonds. The Labute approximate surface area is 167 Å². The highest BCUT2D eigenvalue weighted by Crippen LogP contribution is 2.23. The number of likely N-dealkylation sites (N-methyl/N-ethyl adjacent to an activating group) is 1. The third-order valence-corrected chi connectivity index (χ3v) is 5.19. The number of nitrogens with zero attached hydrogens (tertiary/aromatic N) is 2. The van der Waals surface area contributed by atoms with Gasteiger partial charge in [-0.25, -0.2) is 0 Å². The summed E-state index contributed by atoms with van der Waals surface area (Å²) >= 11 is 0. The van der Waals surface area contributed by atoms with E-state index in [2.05, 4.69) is 38.0 Å². The normalized spacial score (nSPS) is 15.4. The monoisotopic (exact) mass is 379 g/mol. The van der Waals surface area contributed by atoms with E-state index >= 15 is 0 Å². The van der Waals surface area contributed by atoms with E-state index in [0.717, 1.165) is 31.9 Å². The molecule has 1 heterocycles. The molecule has 0 spiro atoms. The molecule has 0 unspecified atom stereocenters. The van der Waals surface area contributed by atoms with Crippen LogP contribution < -0.4 is 5.32 Å². The summed E-state index contributed by atoms with van der Waals surface area (Å²) in [6.45, 7) is 9.73. The predicted molar refractivity (Wildman–Crippen MR) is 113 cm³/mol. The summed E-state index contributed by atoms with van der Waals surface area (Å²) in [4.78, 5) is 29.2. The average molecular weight is 380 g/mol. The number of carbonyl (C=O) groups excluding carboxylic acids is 2. The van der Waals surface area contributed by atoms with Gasteiger partial charge in [-0.05, 0) is 54.4 Å². The molecular weight excluding hydrogens is 350 g/mol. The molecule has 148 valence electrons. The Morgan fingerprint density at radius 1 is 0.821 bits per heavy atom. The van der Waals surface area contributed by atoms with Crippen LogP contribution in [0.15, 0.2) is 48.5 Å². The van der Waals surface area contributed by atoms with Crippen molar-refractivity contribution in [2.24, 2.45) is 0 Å². The van der Waals surface area contributed by atoms with E-state index in [1.165, 1.54) is 5.56 Å². The molecule has 0 aliphatic carbocycles. The van der Waals surface area contributed by atoms with Gasteiger partial charge >= 0.3 is 0 Å². The number of hydrogen-bond donors (Lipinski definition) is 1. The molecule has 2 aromatic carbocycles. The third-order valence-electron chi connectivity index (χ3n) is 5.19. The minimum Gasteiger partial charge on any atom is -0.336 e. The van der Waals surface area contributed by atoms with Gasteiger partial charge in [0.25, 0.3) is 11.8 Å². The van der Waals surface area contributed by atoms with E-state index in [0.29, 0.717) is 11.1 Å². The van der Waals surface area contributed by atoms with Gasteiger partial charge in [0, 0.05) is 43.0 Å². The SMILES string of the molecule is CN1CCN(C(=O)c2ccc(C(=O)Nc3ccc(C(C)(C)C)cc3)cc2)CC1. The number of nitrogens with one attached hydrogen (secondary N) is 1. The summed E-state index contributed by atoms with van der Waals surface area (Å²) in [6, 6.07) is 14.8. The highest BCUT2D eigenvalue weighted by atomic mass is 16.2. The highest BCUT2D eigenvalue weighted by Gasteiger charge is 2.20. The summed E-state index contributed by atoms with van der Waals surface area (Å²) in [5, 5.41) is 2.91. The number of piperazine rings is 1. The van der Waals surface area contributed by atoms with Crippen molar-refractivity contribution >= 4 is 17.5 Å². The van der Waals surface area contributed by atoms with Gasteiger partial charge in [0.15, 0.2) is 0 Å². The van der Waals surface area contributed by atoms with Crippen LogP contribution in [0.5, 0.6) is 0 Å². The standard InChI is InChI=1S/C23H29N3O2/c1-23(2,3)19-9-11-20(12-10-19)24-21(27)17-5-7-18(8-6-17)22(28)26-15-13-25(4)14-16-26/h5-12H,13-16H2,1-4H3,(H,24,27). The molecule has 2 aromatic rings. The lowest BCUT2D eigenvalue weighted by molar-refractivity contribution is 0.0664. The van der Waals surface area contributed by atoms with Crippen molar-refractivity contribution in [3.8, 4) is 0 Å². The van der Waals surface area contributed by atoms with Crippen molar-refractivity contribution in [1.82, 2.24) is 9.80 Å². The molecule has 28 heavy (non-hydrogen) atoms. The van der Waals surface area contributed by atoms with Gasteiger partial charge < -0.3 is 15.1 Å². The first-order chi connectivity index (χ1) is 13.2. The lowest BCUT2D eigenvalue weighted by Gasteiger charge is -2.32. The molecule has 1 saturated heterocycles. The van der Waals surface area contributed by atoms with E-state index in [9.17, 15) is 9.59 Å². The van der Waals surface area contributed by atoms with Gasteiger partial charge in [-0.2, -0.15) is 0 Å². The molecule has 0 aromatic heterocycles. The molecule has 0 atom stereocenters. The maximum atomic E-state index is 12.6. The number of hydrogen-bond acceptors (Lipinski definition) is 3. The zero-order valence-corrected chi connectivity index (χ0v) is 17.2. The van der Waals surface area contributed by atoms with Crippen LogP contribution in [0.4, 0.5) is 5.69 Å². The van der Waals surface area contributed by atoms with E-state index in [1.807, 2.05) is 29.2 Å².